The maximum absolute atomic E-state index is 14.0. The summed E-state index contributed by atoms with van der Waals surface area (Å²) in [5.74, 6) is -0.234. The molecular weight excluding hydrogens is 449 g/mol. The second-order valence-electron chi connectivity index (χ2n) is 7.78. The van der Waals surface area contributed by atoms with E-state index in [9.17, 15) is 9.50 Å². The van der Waals surface area contributed by atoms with Gasteiger partial charge in [0.1, 0.15) is 5.82 Å². The van der Waals surface area contributed by atoms with Crippen LogP contribution >= 0.6 is 11.6 Å². The lowest BCUT2D eigenvalue weighted by Gasteiger charge is -2.23. The van der Waals surface area contributed by atoms with Crippen molar-refractivity contribution in [3.05, 3.63) is 65.0 Å². The smallest absolute Gasteiger partial charge is 0.223 e. The predicted molar refractivity (Wildman–Crippen MR) is 120 cm³/mol. The Hall–Kier alpha value is -3.21. The molecule has 0 spiro atoms. The van der Waals surface area contributed by atoms with Gasteiger partial charge in [0.2, 0.25) is 5.95 Å². The summed E-state index contributed by atoms with van der Waals surface area (Å²) < 4.78 is 20.9. The van der Waals surface area contributed by atoms with Gasteiger partial charge in [0, 0.05) is 31.0 Å². The molecule has 1 unspecified atom stereocenters. The van der Waals surface area contributed by atoms with Crippen LogP contribution in [0.5, 0.6) is 0 Å². The summed E-state index contributed by atoms with van der Waals surface area (Å²) in [5, 5.41) is 26.2. The molecule has 11 heteroatoms. The van der Waals surface area contributed by atoms with Gasteiger partial charge in [-0.05, 0) is 42.7 Å². The van der Waals surface area contributed by atoms with Crippen molar-refractivity contribution < 1.29 is 14.2 Å². The first kappa shape index (κ1) is 21.6. The highest BCUT2D eigenvalue weighted by atomic mass is 35.5. The lowest BCUT2D eigenvalue weighted by Crippen LogP contribution is -2.28. The largest absolute Gasteiger partial charge is 0.395 e. The van der Waals surface area contributed by atoms with E-state index in [0.717, 1.165) is 31.6 Å². The summed E-state index contributed by atoms with van der Waals surface area (Å²) in [5.41, 5.74) is 2.45. The summed E-state index contributed by atoms with van der Waals surface area (Å²) in [6, 6.07) is 8.27. The van der Waals surface area contributed by atoms with Gasteiger partial charge in [0.15, 0.2) is 11.5 Å². The molecule has 1 saturated heterocycles. The van der Waals surface area contributed by atoms with Crippen molar-refractivity contribution in [2.45, 2.75) is 24.8 Å². The molecule has 1 aliphatic heterocycles. The molecule has 0 saturated carbocycles. The minimum Gasteiger partial charge on any atom is -0.395 e. The number of rotatable bonds is 6. The zero-order valence-corrected chi connectivity index (χ0v) is 18.3. The first-order valence-corrected chi connectivity index (χ1v) is 10.9. The van der Waals surface area contributed by atoms with Crippen LogP contribution in [0.15, 0.2) is 42.7 Å². The van der Waals surface area contributed by atoms with Crippen molar-refractivity contribution in [1.29, 1.82) is 0 Å². The monoisotopic (exact) mass is 469 g/mol. The number of halogens is 2. The van der Waals surface area contributed by atoms with Crippen LogP contribution in [-0.2, 0) is 4.74 Å². The third-order valence-corrected chi connectivity index (χ3v) is 5.94. The normalized spacial score (nSPS) is 15.6. The summed E-state index contributed by atoms with van der Waals surface area (Å²) in [4.78, 5) is 8.93. The van der Waals surface area contributed by atoms with Crippen LogP contribution in [0.2, 0.25) is 5.02 Å². The van der Waals surface area contributed by atoms with Gasteiger partial charge in [0.05, 0.1) is 29.4 Å². The third-order valence-electron chi connectivity index (χ3n) is 5.63. The molecule has 170 valence electrons. The maximum Gasteiger partial charge on any atom is 0.223 e. The zero-order valence-electron chi connectivity index (χ0n) is 17.5. The third kappa shape index (κ3) is 4.50. The van der Waals surface area contributed by atoms with Crippen LogP contribution in [-0.4, -0.2) is 60.7 Å². The number of ether oxygens (including phenoxy) is 1. The van der Waals surface area contributed by atoms with Crippen molar-refractivity contribution in [2.75, 3.05) is 25.1 Å². The molecule has 3 aromatic heterocycles. The van der Waals surface area contributed by atoms with E-state index in [-0.39, 0.29) is 17.7 Å². The highest BCUT2D eigenvalue weighted by Gasteiger charge is 2.22. The number of aliphatic hydroxyl groups excluding tert-OH is 1. The van der Waals surface area contributed by atoms with Gasteiger partial charge in [-0.2, -0.15) is 9.61 Å². The van der Waals surface area contributed by atoms with E-state index in [1.807, 2.05) is 0 Å². The molecule has 9 nitrogen and oxygen atoms in total. The number of fused-ring (bicyclic) bond motifs is 1. The van der Waals surface area contributed by atoms with E-state index < -0.39 is 11.7 Å². The Morgan fingerprint density at radius 1 is 1.21 bits per heavy atom. The summed E-state index contributed by atoms with van der Waals surface area (Å²) in [6.07, 6.45) is 5.16. The maximum atomic E-state index is 14.0. The molecule has 1 fully saturated rings. The summed E-state index contributed by atoms with van der Waals surface area (Å²) >= 11 is 5.79. The number of benzene rings is 1. The fourth-order valence-electron chi connectivity index (χ4n) is 3.85. The summed E-state index contributed by atoms with van der Waals surface area (Å²) in [6.45, 7) is 1.16. The molecular formula is C22H21ClFN7O2. The molecule has 1 aromatic carbocycles. The predicted octanol–water partition coefficient (Wildman–Crippen LogP) is 3.09. The average molecular weight is 470 g/mol. The molecule has 2 N–H and O–H groups in total. The highest BCUT2D eigenvalue weighted by molar-refractivity contribution is 6.30. The zero-order chi connectivity index (χ0) is 22.8. The number of anilines is 1. The molecule has 4 heterocycles. The molecule has 0 aliphatic carbocycles. The lowest BCUT2D eigenvalue weighted by molar-refractivity contribution is 0.0903. The SMILES string of the molecule is OCC(c1ccc(Cl)c(F)c1)c1nnc2cc(-c3ccnc(NC4CCOCC4)n3)cnn12. The minimum absolute atomic E-state index is 0.0137. The van der Waals surface area contributed by atoms with Gasteiger partial charge in [-0.1, -0.05) is 17.7 Å². The molecule has 0 radical (unpaired) electrons. The number of hydrogen-bond donors (Lipinski definition) is 2. The van der Waals surface area contributed by atoms with Crippen LogP contribution in [0.3, 0.4) is 0 Å². The topological polar surface area (TPSA) is 110 Å². The average Bonchev–Trinajstić information content (AvgIpc) is 3.26. The van der Waals surface area contributed by atoms with Crippen LogP contribution in [0.1, 0.15) is 30.1 Å². The van der Waals surface area contributed by atoms with Crippen molar-refractivity contribution in [3.63, 3.8) is 0 Å². The Bertz CT molecular complexity index is 1280. The Labute approximate surface area is 193 Å². The van der Waals surface area contributed by atoms with Crippen molar-refractivity contribution in [3.8, 4) is 11.3 Å². The van der Waals surface area contributed by atoms with Crippen molar-refractivity contribution in [1.82, 2.24) is 29.8 Å². The molecule has 1 aliphatic rings. The van der Waals surface area contributed by atoms with Gasteiger partial charge in [-0.15, -0.1) is 10.2 Å². The summed E-state index contributed by atoms with van der Waals surface area (Å²) in [7, 11) is 0. The van der Waals surface area contributed by atoms with Crippen LogP contribution in [0, 0.1) is 5.82 Å². The Morgan fingerprint density at radius 2 is 2.06 bits per heavy atom. The van der Waals surface area contributed by atoms with E-state index in [2.05, 4.69) is 30.6 Å². The number of aliphatic hydroxyl groups is 1. The van der Waals surface area contributed by atoms with E-state index in [1.54, 1.807) is 30.6 Å². The Balaban J connectivity index is 1.43. The first-order valence-electron chi connectivity index (χ1n) is 10.6. The molecule has 0 bridgehead atoms. The molecule has 1 atom stereocenters. The second-order valence-corrected chi connectivity index (χ2v) is 8.18. The quantitative estimate of drug-likeness (QED) is 0.443. The number of nitrogens with zero attached hydrogens (tertiary/aromatic N) is 6. The first-order chi connectivity index (χ1) is 16.1. The fraction of sp³-hybridized carbons (Fsp3) is 0.318. The highest BCUT2D eigenvalue weighted by Crippen LogP contribution is 2.27. The van der Waals surface area contributed by atoms with E-state index in [0.29, 0.717) is 28.7 Å². The van der Waals surface area contributed by atoms with Crippen LogP contribution in [0.25, 0.3) is 16.9 Å². The van der Waals surface area contributed by atoms with E-state index >= 15 is 0 Å². The minimum atomic E-state index is -0.612. The van der Waals surface area contributed by atoms with Gasteiger partial charge >= 0.3 is 0 Å². The molecule has 5 rings (SSSR count). The van der Waals surface area contributed by atoms with Gasteiger partial charge in [-0.25, -0.2) is 14.4 Å². The molecule has 0 amide bonds. The Kier molecular flexibility index (Phi) is 6.12. The standard InChI is InChI=1S/C22H21ClFN7O2/c23-17-2-1-13(9-18(17)24)16(12-32)21-30-29-20-10-14(11-26-31(20)21)19-3-6-25-22(28-19)27-15-4-7-33-8-5-15/h1-3,6,9-11,15-16,32H,4-5,7-8,12H2,(H,25,27,28). The number of nitrogens with one attached hydrogen (secondary N) is 1. The second kappa shape index (κ2) is 9.34. The van der Waals surface area contributed by atoms with Crippen LogP contribution < -0.4 is 5.32 Å². The lowest BCUT2D eigenvalue weighted by atomic mass is 9.99. The van der Waals surface area contributed by atoms with Gasteiger partial charge < -0.3 is 15.2 Å². The Morgan fingerprint density at radius 3 is 2.85 bits per heavy atom. The van der Waals surface area contributed by atoms with Gasteiger partial charge in [0.25, 0.3) is 0 Å². The van der Waals surface area contributed by atoms with Crippen LogP contribution in [0.4, 0.5) is 10.3 Å². The number of hydrogen-bond acceptors (Lipinski definition) is 8. The number of aromatic nitrogens is 6. The van der Waals surface area contributed by atoms with Crippen molar-refractivity contribution in [2.24, 2.45) is 0 Å². The van der Waals surface area contributed by atoms with Gasteiger partial charge in [-0.3, -0.25) is 0 Å². The van der Waals surface area contributed by atoms with Crippen molar-refractivity contribution >= 4 is 23.2 Å². The van der Waals surface area contributed by atoms with E-state index in [1.165, 1.54) is 16.6 Å². The van der Waals surface area contributed by atoms with E-state index in [4.69, 9.17) is 16.3 Å². The fourth-order valence-corrected chi connectivity index (χ4v) is 3.96. The molecule has 33 heavy (non-hydrogen) atoms. The molecule has 4 aromatic rings.